The predicted molar refractivity (Wildman–Crippen MR) is 82.9 cm³/mol. The van der Waals surface area contributed by atoms with E-state index < -0.39 is 0 Å². The van der Waals surface area contributed by atoms with Crippen LogP contribution < -0.4 is 5.32 Å². The van der Waals surface area contributed by atoms with Crippen molar-refractivity contribution in [1.82, 2.24) is 5.32 Å². The van der Waals surface area contributed by atoms with E-state index in [1.807, 2.05) is 32.0 Å². The molecule has 0 amide bonds. The summed E-state index contributed by atoms with van der Waals surface area (Å²) in [6.07, 6.45) is 0. The van der Waals surface area contributed by atoms with Gasteiger partial charge in [0.1, 0.15) is 17.2 Å². The van der Waals surface area contributed by atoms with E-state index in [0.717, 1.165) is 34.4 Å². The lowest BCUT2D eigenvalue weighted by Crippen LogP contribution is -2.21. The molecule has 0 bridgehead atoms. The summed E-state index contributed by atoms with van der Waals surface area (Å²) in [6.45, 7) is 4.89. The lowest BCUT2D eigenvalue weighted by atomic mass is 10.0. The Morgan fingerprint density at radius 1 is 1.14 bits per heavy atom. The van der Waals surface area contributed by atoms with E-state index in [1.165, 1.54) is 12.1 Å². The first-order chi connectivity index (χ1) is 10.2. The smallest absolute Gasteiger partial charge is 0.137 e. The first kappa shape index (κ1) is 13.8. The molecule has 2 nitrogen and oxygen atoms in total. The van der Waals surface area contributed by atoms with Gasteiger partial charge in [0.15, 0.2) is 0 Å². The van der Waals surface area contributed by atoms with Crippen LogP contribution in [0.4, 0.5) is 4.39 Å². The Balaban J connectivity index is 2.06. The molecule has 108 valence electrons. The lowest BCUT2D eigenvalue weighted by molar-refractivity contribution is 0.475. The van der Waals surface area contributed by atoms with Crippen LogP contribution in [-0.2, 0) is 0 Å². The molecule has 0 aliphatic carbocycles. The zero-order valence-corrected chi connectivity index (χ0v) is 12.2. The molecule has 1 aromatic heterocycles. The minimum atomic E-state index is -0.227. The summed E-state index contributed by atoms with van der Waals surface area (Å²) in [7, 11) is 0. The van der Waals surface area contributed by atoms with Gasteiger partial charge in [-0.1, -0.05) is 37.3 Å². The van der Waals surface area contributed by atoms with Crippen LogP contribution in [0, 0.1) is 12.7 Å². The van der Waals surface area contributed by atoms with E-state index in [4.69, 9.17) is 4.42 Å². The zero-order valence-electron chi connectivity index (χ0n) is 12.2. The van der Waals surface area contributed by atoms with Gasteiger partial charge >= 0.3 is 0 Å². The first-order valence-electron chi connectivity index (χ1n) is 7.17. The molecular formula is C18H18FNO. The SMILES string of the molecule is CCNC(c1ccc(F)cc1)c1cc2cccc(C)c2o1. The van der Waals surface area contributed by atoms with Crippen molar-refractivity contribution in [3.8, 4) is 0 Å². The van der Waals surface area contributed by atoms with Gasteiger partial charge in [0.25, 0.3) is 0 Å². The Hall–Kier alpha value is -2.13. The highest BCUT2D eigenvalue weighted by Gasteiger charge is 2.18. The summed E-state index contributed by atoms with van der Waals surface area (Å²) < 4.78 is 19.2. The van der Waals surface area contributed by atoms with Crippen molar-refractivity contribution in [2.75, 3.05) is 6.54 Å². The second-order valence-corrected chi connectivity index (χ2v) is 5.18. The molecule has 3 heteroatoms. The zero-order chi connectivity index (χ0) is 14.8. The number of para-hydroxylation sites is 1. The van der Waals surface area contributed by atoms with Gasteiger partial charge in [0, 0.05) is 5.39 Å². The molecule has 1 atom stereocenters. The Bertz CT molecular complexity index is 746. The van der Waals surface area contributed by atoms with Gasteiger partial charge in [-0.3, -0.25) is 0 Å². The highest BCUT2D eigenvalue weighted by Crippen LogP contribution is 2.30. The molecule has 0 fully saturated rings. The van der Waals surface area contributed by atoms with Crippen LogP contribution in [-0.4, -0.2) is 6.54 Å². The molecule has 3 aromatic rings. The maximum Gasteiger partial charge on any atom is 0.137 e. The van der Waals surface area contributed by atoms with E-state index in [1.54, 1.807) is 12.1 Å². The molecular weight excluding hydrogens is 265 g/mol. The van der Waals surface area contributed by atoms with Crippen molar-refractivity contribution in [3.05, 3.63) is 71.2 Å². The molecule has 0 saturated carbocycles. The van der Waals surface area contributed by atoms with Crippen molar-refractivity contribution in [1.29, 1.82) is 0 Å². The third-order valence-corrected chi connectivity index (χ3v) is 3.66. The maximum atomic E-state index is 13.1. The quantitative estimate of drug-likeness (QED) is 0.758. The summed E-state index contributed by atoms with van der Waals surface area (Å²) in [5, 5.41) is 4.49. The second kappa shape index (κ2) is 5.70. The van der Waals surface area contributed by atoms with Crippen molar-refractivity contribution in [2.45, 2.75) is 19.9 Å². The molecule has 21 heavy (non-hydrogen) atoms. The van der Waals surface area contributed by atoms with Crippen LogP contribution in [0.2, 0.25) is 0 Å². The number of furan rings is 1. The largest absolute Gasteiger partial charge is 0.459 e. The fourth-order valence-corrected chi connectivity index (χ4v) is 2.61. The molecule has 2 aromatic carbocycles. The number of hydrogen-bond acceptors (Lipinski definition) is 2. The average molecular weight is 283 g/mol. The Morgan fingerprint density at radius 3 is 2.57 bits per heavy atom. The molecule has 0 spiro atoms. The number of aryl methyl sites for hydroxylation is 1. The molecule has 1 N–H and O–H groups in total. The van der Waals surface area contributed by atoms with Crippen LogP contribution in [0.3, 0.4) is 0 Å². The summed E-state index contributed by atoms with van der Waals surface area (Å²) >= 11 is 0. The average Bonchev–Trinajstić information content (AvgIpc) is 2.91. The first-order valence-corrected chi connectivity index (χ1v) is 7.17. The highest BCUT2D eigenvalue weighted by atomic mass is 19.1. The van der Waals surface area contributed by atoms with E-state index in [-0.39, 0.29) is 11.9 Å². The van der Waals surface area contributed by atoms with Crippen LogP contribution in [0.1, 0.15) is 29.9 Å². The summed E-state index contributed by atoms with van der Waals surface area (Å²) in [5.41, 5.74) is 3.03. The fourth-order valence-electron chi connectivity index (χ4n) is 2.61. The molecule has 1 unspecified atom stereocenters. The van der Waals surface area contributed by atoms with Gasteiger partial charge in [0.05, 0.1) is 6.04 Å². The Morgan fingerprint density at radius 2 is 1.90 bits per heavy atom. The number of fused-ring (bicyclic) bond motifs is 1. The van der Waals surface area contributed by atoms with E-state index in [9.17, 15) is 4.39 Å². The summed E-state index contributed by atoms with van der Waals surface area (Å²) in [5.74, 6) is 0.627. The van der Waals surface area contributed by atoms with Gasteiger partial charge in [-0.05, 0) is 42.8 Å². The molecule has 0 saturated heterocycles. The Kier molecular flexibility index (Phi) is 3.76. The lowest BCUT2D eigenvalue weighted by Gasteiger charge is -2.15. The van der Waals surface area contributed by atoms with E-state index in [0.29, 0.717) is 0 Å². The van der Waals surface area contributed by atoms with Crippen molar-refractivity contribution in [3.63, 3.8) is 0 Å². The van der Waals surface area contributed by atoms with Gasteiger partial charge in [-0.15, -0.1) is 0 Å². The minimum absolute atomic E-state index is 0.0672. The number of benzene rings is 2. The molecule has 0 radical (unpaired) electrons. The number of hydrogen-bond donors (Lipinski definition) is 1. The maximum absolute atomic E-state index is 13.1. The van der Waals surface area contributed by atoms with Gasteiger partial charge in [0.2, 0.25) is 0 Å². The van der Waals surface area contributed by atoms with Gasteiger partial charge in [-0.2, -0.15) is 0 Å². The summed E-state index contributed by atoms with van der Waals surface area (Å²) in [4.78, 5) is 0. The number of halogens is 1. The topological polar surface area (TPSA) is 25.2 Å². The molecule has 1 heterocycles. The highest BCUT2D eigenvalue weighted by molar-refractivity contribution is 5.81. The van der Waals surface area contributed by atoms with Gasteiger partial charge in [-0.25, -0.2) is 4.39 Å². The molecule has 0 aliphatic heterocycles. The third kappa shape index (κ3) is 2.69. The van der Waals surface area contributed by atoms with Crippen molar-refractivity contribution < 1.29 is 8.81 Å². The number of nitrogens with one attached hydrogen (secondary N) is 1. The monoisotopic (exact) mass is 283 g/mol. The summed E-state index contributed by atoms with van der Waals surface area (Å²) in [6, 6.07) is 14.6. The van der Waals surface area contributed by atoms with Crippen molar-refractivity contribution >= 4 is 11.0 Å². The predicted octanol–water partition coefficient (Wildman–Crippen LogP) is 4.58. The standard InChI is InChI=1S/C18H18FNO/c1-3-20-17(13-7-9-15(19)10-8-13)16-11-14-6-4-5-12(2)18(14)21-16/h4-11,17,20H,3H2,1-2H3. The van der Waals surface area contributed by atoms with Crippen LogP contribution in [0.15, 0.2) is 52.9 Å². The van der Waals surface area contributed by atoms with E-state index in [2.05, 4.69) is 11.4 Å². The normalized spacial score (nSPS) is 12.7. The van der Waals surface area contributed by atoms with Crippen LogP contribution in [0.5, 0.6) is 0 Å². The van der Waals surface area contributed by atoms with E-state index >= 15 is 0 Å². The van der Waals surface area contributed by atoms with Crippen molar-refractivity contribution in [2.24, 2.45) is 0 Å². The molecule has 0 aliphatic rings. The minimum Gasteiger partial charge on any atom is -0.459 e. The fraction of sp³-hybridized carbons (Fsp3) is 0.222. The Labute approximate surface area is 123 Å². The number of rotatable bonds is 4. The van der Waals surface area contributed by atoms with Gasteiger partial charge < -0.3 is 9.73 Å². The van der Waals surface area contributed by atoms with Crippen LogP contribution in [0.25, 0.3) is 11.0 Å². The molecule has 3 rings (SSSR count). The third-order valence-electron chi connectivity index (χ3n) is 3.66. The second-order valence-electron chi connectivity index (χ2n) is 5.18. The van der Waals surface area contributed by atoms with Crippen LogP contribution >= 0.6 is 0 Å².